The van der Waals surface area contributed by atoms with Crippen LogP contribution in [0, 0.1) is 5.82 Å². The highest BCUT2D eigenvalue weighted by atomic mass is 32.1. The van der Waals surface area contributed by atoms with Crippen LogP contribution in [0.3, 0.4) is 0 Å². The fraction of sp³-hybridized carbons (Fsp3) is 0.0667. The molecule has 108 valence electrons. The molecule has 1 aromatic heterocycles. The number of carbonyl (C=O) groups excluding carboxylic acids is 2. The van der Waals surface area contributed by atoms with Gasteiger partial charge in [-0.05, 0) is 29.7 Å². The number of hydrogen-bond acceptors (Lipinski definition) is 4. The third kappa shape index (κ3) is 4.85. The Morgan fingerprint density at radius 2 is 2.05 bits per heavy atom. The van der Waals surface area contributed by atoms with Gasteiger partial charge in [-0.25, -0.2) is 9.18 Å². The van der Waals surface area contributed by atoms with Crippen LogP contribution in [0.1, 0.15) is 4.88 Å². The number of amides is 1. The van der Waals surface area contributed by atoms with Gasteiger partial charge in [-0.15, -0.1) is 11.3 Å². The van der Waals surface area contributed by atoms with Crippen molar-refractivity contribution in [1.82, 2.24) is 0 Å². The summed E-state index contributed by atoms with van der Waals surface area (Å²) in [5, 5.41) is 4.20. The summed E-state index contributed by atoms with van der Waals surface area (Å²) in [6.07, 6.45) is 2.84. The number of ether oxygens (including phenoxy) is 1. The van der Waals surface area contributed by atoms with Crippen LogP contribution in [0.5, 0.6) is 0 Å². The number of anilines is 1. The first-order valence-electron chi connectivity index (χ1n) is 6.08. The Bertz CT molecular complexity index is 653. The minimum Gasteiger partial charge on any atom is -0.452 e. The van der Waals surface area contributed by atoms with E-state index >= 15 is 0 Å². The molecule has 1 heterocycles. The van der Waals surface area contributed by atoms with Gasteiger partial charge in [0.25, 0.3) is 5.91 Å². The SMILES string of the molecule is O=C(COC(=O)/C=C/c1cccs1)Nc1ccccc1F. The quantitative estimate of drug-likeness (QED) is 0.682. The molecule has 1 amide bonds. The molecule has 0 radical (unpaired) electrons. The van der Waals surface area contributed by atoms with E-state index in [-0.39, 0.29) is 5.69 Å². The second-order valence-corrected chi connectivity index (χ2v) is 4.96. The second-order valence-electron chi connectivity index (χ2n) is 3.98. The van der Waals surface area contributed by atoms with Crippen LogP contribution in [-0.4, -0.2) is 18.5 Å². The molecule has 0 fully saturated rings. The molecule has 0 saturated heterocycles. The van der Waals surface area contributed by atoms with Crippen LogP contribution in [-0.2, 0) is 14.3 Å². The highest BCUT2D eigenvalue weighted by molar-refractivity contribution is 7.10. The monoisotopic (exact) mass is 305 g/mol. The largest absolute Gasteiger partial charge is 0.452 e. The van der Waals surface area contributed by atoms with E-state index in [1.807, 2.05) is 17.5 Å². The lowest BCUT2D eigenvalue weighted by molar-refractivity contribution is -0.142. The van der Waals surface area contributed by atoms with Gasteiger partial charge < -0.3 is 10.1 Å². The average molecular weight is 305 g/mol. The van der Waals surface area contributed by atoms with E-state index in [0.717, 1.165) is 4.88 Å². The molecule has 21 heavy (non-hydrogen) atoms. The topological polar surface area (TPSA) is 55.4 Å². The molecule has 0 atom stereocenters. The van der Waals surface area contributed by atoms with Gasteiger partial charge in [-0.3, -0.25) is 4.79 Å². The molecule has 4 nitrogen and oxygen atoms in total. The summed E-state index contributed by atoms with van der Waals surface area (Å²) >= 11 is 1.48. The summed E-state index contributed by atoms with van der Waals surface area (Å²) in [4.78, 5) is 23.8. The third-order valence-electron chi connectivity index (χ3n) is 2.42. The van der Waals surface area contributed by atoms with Gasteiger partial charge in [-0.1, -0.05) is 18.2 Å². The van der Waals surface area contributed by atoms with E-state index in [1.54, 1.807) is 12.1 Å². The highest BCUT2D eigenvalue weighted by Gasteiger charge is 2.08. The van der Waals surface area contributed by atoms with Crippen LogP contribution in [0.25, 0.3) is 6.08 Å². The molecule has 0 bridgehead atoms. The molecule has 0 aliphatic heterocycles. The van der Waals surface area contributed by atoms with E-state index in [2.05, 4.69) is 5.32 Å². The maximum absolute atomic E-state index is 13.3. The minimum absolute atomic E-state index is 0.0488. The summed E-state index contributed by atoms with van der Waals surface area (Å²) in [6, 6.07) is 9.46. The Morgan fingerprint density at radius 3 is 2.76 bits per heavy atom. The van der Waals surface area contributed by atoms with Gasteiger partial charge in [0, 0.05) is 11.0 Å². The summed E-state index contributed by atoms with van der Waals surface area (Å²) in [7, 11) is 0. The molecule has 0 aliphatic rings. The van der Waals surface area contributed by atoms with E-state index in [9.17, 15) is 14.0 Å². The van der Waals surface area contributed by atoms with Crippen LogP contribution in [0.2, 0.25) is 0 Å². The maximum Gasteiger partial charge on any atom is 0.331 e. The number of nitrogens with one attached hydrogen (secondary N) is 1. The Hall–Kier alpha value is -2.47. The number of hydrogen-bond donors (Lipinski definition) is 1. The van der Waals surface area contributed by atoms with E-state index < -0.39 is 24.3 Å². The van der Waals surface area contributed by atoms with Gasteiger partial charge in [0.2, 0.25) is 0 Å². The molecule has 0 spiro atoms. The first-order valence-corrected chi connectivity index (χ1v) is 6.96. The first-order chi connectivity index (χ1) is 10.1. The third-order valence-corrected chi connectivity index (χ3v) is 3.26. The van der Waals surface area contributed by atoms with Crippen molar-refractivity contribution in [3.05, 3.63) is 58.5 Å². The normalized spacial score (nSPS) is 10.5. The molecular weight excluding hydrogens is 293 g/mol. The lowest BCUT2D eigenvalue weighted by Gasteiger charge is -2.05. The molecule has 6 heteroatoms. The van der Waals surface area contributed by atoms with Crippen LogP contribution < -0.4 is 5.32 Å². The van der Waals surface area contributed by atoms with Crippen molar-refractivity contribution in [1.29, 1.82) is 0 Å². The summed E-state index contributed by atoms with van der Waals surface area (Å²) < 4.78 is 18.1. The van der Waals surface area contributed by atoms with Crippen molar-refractivity contribution < 1.29 is 18.7 Å². The molecule has 2 aromatic rings. The van der Waals surface area contributed by atoms with E-state index in [1.165, 1.54) is 35.6 Å². The minimum atomic E-state index is -0.632. The van der Waals surface area contributed by atoms with Gasteiger partial charge in [0.05, 0.1) is 5.69 Å². The average Bonchev–Trinajstić information content (AvgIpc) is 2.99. The fourth-order valence-electron chi connectivity index (χ4n) is 1.47. The number of rotatable bonds is 5. The Labute approximate surface area is 124 Å². The number of esters is 1. The van der Waals surface area contributed by atoms with Gasteiger partial charge >= 0.3 is 5.97 Å². The van der Waals surface area contributed by atoms with Gasteiger partial charge in [-0.2, -0.15) is 0 Å². The predicted octanol–water partition coefficient (Wildman–Crippen LogP) is 3.08. The number of para-hydroxylation sites is 1. The Balaban J connectivity index is 1.79. The van der Waals surface area contributed by atoms with Crippen molar-refractivity contribution in [2.24, 2.45) is 0 Å². The molecular formula is C15H12FNO3S. The molecule has 0 unspecified atom stereocenters. The molecule has 1 N–H and O–H groups in total. The Kier molecular flexibility index (Phi) is 5.22. The zero-order valence-corrected chi connectivity index (χ0v) is 11.7. The summed E-state index contributed by atoms with van der Waals surface area (Å²) in [6.45, 7) is -0.470. The molecule has 2 rings (SSSR count). The summed E-state index contributed by atoms with van der Waals surface area (Å²) in [5.41, 5.74) is 0.0488. The second kappa shape index (κ2) is 7.35. The number of thiophene rings is 1. The Morgan fingerprint density at radius 1 is 1.24 bits per heavy atom. The van der Waals surface area contributed by atoms with Crippen LogP contribution >= 0.6 is 11.3 Å². The maximum atomic E-state index is 13.3. The van der Waals surface area contributed by atoms with Crippen molar-refractivity contribution in [2.45, 2.75) is 0 Å². The van der Waals surface area contributed by atoms with E-state index in [0.29, 0.717) is 0 Å². The lowest BCUT2D eigenvalue weighted by atomic mass is 10.3. The van der Waals surface area contributed by atoms with Crippen LogP contribution in [0.4, 0.5) is 10.1 Å². The van der Waals surface area contributed by atoms with E-state index in [4.69, 9.17) is 4.74 Å². The number of carbonyl (C=O) groups is 2. The fourth-order valence-corrected chi connectivity index (χ4v) is 2.09. The van der Waals surface area contributed by atoms with Gasteiger partial charge in [0.1, 0.15) is 5.82 Å². The van der Waals surface area contributed by atoms with Crippen LogP contribution in [0.15, 0.2) is 47.9 Å². The first kappa shape index (κ1) is 14.9. The number of benzene rings is 1. The smallest absolute Gasteiger partial charge is 0.331 e. The standard InChI is InChI=1S/C15H12FNO3S/c16-12-5-1-2-6-13(12)17-14(18)10-20-15(19)8-7-11-4-3-9-21-11/h1-9H,10H2,(H,17,18)/b8-7+. The van der Waals surface area contributed by atoms with Crippen molar-refractivity contribution >= 4 is 35.0 Å². The van der Waals surface area contributed by atoms with Gasteiger partial charge in [0.15, 0.2) is 6.61 Å². The molecule has 0 saturated carbocycles. The predicted molar refractivity (Wildman–Crippen MR) is 79.3 cm³/mol. The summed E-state index contributed by atoms with van der Waals surface area (Å²) in [5.74, 6) is -1.78. The zero-order chi connectivity index (χ0) is 15.1. The molecule has 1 aromatic carbocycles. The number of halogens is 1. The van der Waals surface area contributed by atoms with Crippen molar-refractivity contribution in [3.8, 4) is 0 Å². The van der Waals surface area contributed by atoms with Crippen molar-refractivity contribution in [3.63, 3.8) is 0 Å². The van der Waals surface area contributed by atoms with Crippen molar-refractivity contribution in [2.75, 3.05) is 11.9 Å². The highest BCUT2D eigenvalue weighted by Crippen LogP contribution is 2.12. The molecule has 0 aliphatic carbocycles. The lowest BCUT2D eigenvalue weighted by Crippen LogP contribution is -2.20. The zero-order valence-electron chi connectivity index (χ0n) is 10.9.